The lowest BCUT2D eigenvalue weighted by Crippen LogP contribution is -2.35. The fraction of sp³-hybridized carbons (Fsp3) is 0.250. The van der Waals surface area contributed by atoms with Gasteiger partial charge in [-0.3, -0.25) is 14.8 Å². The van der Waals surface area contributed by atoms with E-state index in [-0.39, 0.29) is 5.91 Å². The number of hydrogen-bond acceptors (Lipinski definition) is 6. The van der Waals surface area contributed by atoms with E-state index >= 15 is 0 Å². The van der Waals surface area contributed by atoms with Gasteiger partial charge in [-0.1, -0.05) is 12.1 Å². The van der Waals surface area contributed by atoms with E-state index in [1.807, 2.05) is 42.5 Å². The molecule has 0 spiro atoms. The van der Waals surface area contributed by atoms with E-state index in [4.69, 9.17) is 4.74 Å². The van der Waals surface area contributed by atoms with Gasteiger partial charge >= 0.3 is 0 Å². The standard InChI is InChI=1S/C20H20N4O2S/c25-19(23-14-15-5-1-3-7-21-15)18-13-16(17-6-2-4-8-22-17)20(27-18)24-9-11-26-12-10-24/h1-8,13H,9-12,14H2,(H,23,25). The molecule has 6 nitrogen and oxygen atoms in total. The third-order valence-electron chi connectivity index (χ3n) is 4.33. The summed E-state index contributed by atoms with van der Waals surface area (Å²) >= 11 is 1.50. The van der Waals surface area contributed by atoms with E-state index in [1.54, 1.807) is 12.4 Å². The number of nitrogens with one attached hydrogen (secondary N) is 1. The third-order valence-corrected chi connectivity index (χ3v) is 5.53. The quantitative estimate of drug-likeness (QED) is 0.737. The number of hydrogen-bond donors (Lipinski definition) is 1. The minimum atomic E-state index is -0.0951. The Morgan fingerprint density at radius 1 is 1.11 bits per heavy atom. The van der Waals surface area contributed by atoms with Crippen LogP contribution in [-0.4, -0.2) is 42.2 Å². The van der Waals surface area contributed by atoms with E-state index in [0.29, 0.717) is 24.6 Å². The number of nitrogens with zero attached hydrogens (tertiary/aromatic N) is 3. The van der Waals surface area contributed by atoms with Crippen LogP contribution in [0, 0.1) is 0 Å². The number of thiophene rings is 1. The molecule has 4 rings (SSSR count). The molecule has 1 fully saturated rings. The number of aromatic nitrogens is 2. The Morgan fingerprint density at radius 2 is 1.89 bits per heavy atom. The molecule has 1 aliphatic heterocycles. The van der Waals surface area contributed by atoms with Crippen LogP contribution in [0.15, 0.2) is 54.9 Å². The molecule has 1 saturated heterocycles. The first-order valence-electron chi connectivity index (χ1n) is 8.87. The maximum absolute atomic E-state index is 12.7. The number of pyridine rings is 2. The summed E-state index contributed by atoms with van der Waals surface area (Å²) in [6.07, 6.45) is 3.50. The van der Waals surface area contributed by atoms with Crippen molar-refractivity contribution in [3.05, 3.63) is 65.4 Å². The summed E-state index contributed by atoms with van der Waals surface area (Å²) in [7, 11) is 0. The van der Waals surface area contributed by atoms with E-state index in [0.717, 1.165) is 35.0 Å². The molecular formula is C20H20N4O2S. The second-order valence-electron chi connectivity index (χ2n) is 6.15. The molecule has 0 atom stereocenters. The van der Waals surface area contributed by atoms with Gasteiger partial charge in [-0.2, -0.15) is 0 Å². The predicted molar refractivity (Wildman–Crippen MR) is 106 cm³/mol. The molecular weight excluding hydrogens is 360 g/mol. The number of anilines is 1. The van der Waals surface area contributed by atoms with Crippen molar-refractivity contribution in [2.45, 2.75) is 6.54 Å². The summed E-state index contributed by atoms with van der Waals surface area (Å²) in [5.74, 6) is -0.0951. The number of morpholine rings is 1. The summed E-state index contributed by atoms with van der Waals surface area (Å²) in [6.45, 7) is 3.43. The van der Waals surface area contributed by atoms with E-state index in [1.165, 1.54) is 11.3 Å². The predicted octanol–water partition coefficient (Wildman–Crippen LogP) is 2.97. The fourth-order valence-electron chi connectivity index (χ4n) is 2.96. The highest BCUT2D eigenvalue weighted by molar-refractivity contribution is 7.18. The molecule has 0 radical (unpaired) electrons. The molecule has 1 N–H and O–H groups in total. The van der Waals surface area contributed by atoms with Crippen molar-refractivity contribution >= 4 is 22.2 Å². The van der Waals surface area contributed by atoms with Gasteiger partial charge in [0.05, 0.1) is 36.0 Å². The van der Waals surface area contributed by atoms with Gasteiger partial charge in [0.25, 0.3) is 5.91 Å². The average Bonchev–Trinajstić information content (AvgIpc) is 3.20. The van der Waals surface area contributed by atoms with Crippen LogP contribution in [0.3, 0.4) is 0 Å². The largest absolute Gasteiger partial charge is 0.378 e. The van der Waals surface area contributed by atoms with Crippen molar-refractivity contribution in [2.75, 3.05) is 31.2 Å². The molecule has 4 heterocycles. The molecule has 0 aliphatic carbocycles. The minimum absolute atomic E-state index is 0.0951. The van der Waals surface area contributed by atoms with E-state index in [9.17, 15) is 4.79 Å². The third kappa shape index (κ3) is 4.15. The van der Waals surface area contributed by atoms with Crippen LogP contribution in [0.4, 0.5) is 5.00 Å². The Morgan fingerprint density at radius 3 is 2.59 bits per heavy atom. The minimum Gasteiger partial charge on any atom is -0.378 e. The molecule has 0 saturated carbocycles. The summed E-state index contributed by atoms with van der Waals surface area (Å²) < 4.78 is 5.47. The monoisotopic (exact) mass is 380 g/mol. The van der Waals surface area contributed by atoms with Crippen LogP contribution in [0.2, 0.25) is 0 Å². The molecule has 0 aromatic carbocycles. The lowest BCUT2D eigenvalue weighted by Gasteiger charge is -2.28. The number of carbonyl (C=O) groups excluding carboxylic acids is 1. The van der Waals surface area contributed by atoms with Gasteiger partial charge in [0, 0.05) is 31.0 Å². The van der Waals surface area contributed by atoms with Crippen molar-refractivity contribution in [3.63, 3.8) is 0 Å². The first kappa shape index (κ1) is 17.6. The summed E-state index contributed by atoms with van der Waals surface area (Å²) in [5, 5.41) is 4.02. The Balaban J connectivity index is 1.59. The number of carbonyl (C=O) groups is 1. The van der Waals surface area contributed by atoms with Crippen molar-refractivity contribution < 1.29 is 9.53 Å². The maximum Gasteiger partial charge on any atom is 0.261 e. The summed E-state index contributed by atoms with van der Waals surface area (Å²) in [6, 6.07) is 13.4. The van der Waals surface area contributed by atoms with Gasteiger partial charge in [-0.15, -0.1) is 11.3 Å². The zero-order valence-corrected chi connectivity index (χ0v) is 15.6. The molecule has 3 aromatic rings. The van der Waals surface area contributed by atoms with Crippen molar-refractivity contribution in [1.82, 2.24) is 15.3 Å². The van der Waals surface area contributed by atoms with Crippen LogP contribution in [-0.2, 0) is 11.3 Å². The second kappa shape index (κ2) is 8.28. The lowest BCUT2D eigenvalue weighted by atomic mass is 10.2. The molecule has 27 heavy (non-hydrogen) atoms. The highest BCUT2D eigenvalue weighted by Gasteiger charge is 2.22. The fourth-order valence-corrected chi connectivity index (χ4v) is 4.10. The van der Waals surface area contributed by atoms with Gasteiger partial charge in [0.1, 0.15) is 5.00 Å². The van der Waals surface area contributed by atoms with Crippen molar-refractivity contribution in [2.24, 2.45) is 0 Å². The molecule has 138 valence electrons. The Hall–Kier alpha value is -2.77. The smallest absolute Gasteiger partial charge is 0.261 e. The van der Waals surface area contributed by atoms with E-state index in [2.05, 4.69) is 20.2 Å². The molecule has 1 aliphatic rings. The van der Waals surface area contributed by atoms with Crippen LogP contribution < -0.4 is 10.2 Å². The van der Waals surface area contributed by atoms with Crippen LogP contribution in [0.25, 0.3) is 11.3 Å². The summed E-state index contributed by atoms with van der Waals surface area (Å²) in [5.41, 5.74) is 2.70. The Kier molecular flexibility index (Phi) is 5.41. The van der Waals surface area contributed by atoms with E-state index < -0.39 is 0 Å². The molecule has 7 heteroatoms. The van der Waals surface area contributed by atoms with Crippen LogP contribution in [0.5, 0.6) is 0 Å². The first-order valence-corrected chi connectivity index (χ1v) is 9.69. The van der Waals surface area contributed by atoms with Crippen molar-refractivity contribution in [1.29, 1.82) is 0 Å². The van der Waals surface area contributed by atoms with Gasteiger partial charge < -0.3 is 15.0 Å². The molecule has 0 unspecified atom stereocenters. The molecule has 0 bridgehead atoms. The second-order valence-corrected chi connectivity index (χ2v) is 7.18. The van der Waals surface area contributed by atoms with Gasteiger partial charge in [0.2, 0.25) is 0 Å². The normalized spacial score (nSPS) is 14.1. The average molecular weight is 380 g/mol. The number of rotatable bonds is 5. The highest BCUT2D eigenvalue weighted by atomic mass is 32.1. The number of ether oxygens (including phenoxy) is 1. The molecule has 3 aromatic heterocycles. The highest BCUT2D eigenvalue weighted by Crippen LogP contribution is 2.38. The first-order chi connectivity index (χ1) is 13.3. The number of amides is 1. The van der Waals surface area contributed by atoms with Crippen LogP contribution >= 0.6 is 11.3 Å². The topological polar surface area (TPSA) is 67.4 Å². The maximum atomic E-state index is 12.7. The zero-order valence-electron chi connectivity index (χ0n) is 14.8. The SMILES string of the molecule is O=C(NCc1ccccn1)c1cc(-c2ccccn2)c(N2CCOCC2)s1. The Bertz CT molecular complexity index is 893. The van der Waals surface area contributed by atoms with Gasteiger partial charge in [-0.25, -0.2) is 0 Å². The Labute approximate surface area is 161 Å². The van der Waals surface area contributed by atoms with Crippen molar-refractivity contribution in [3.8, 4) is 11.3 Å². The lowest BCUT2D eigenvalue weighted by molar-refractivity contribution is 0.0954. The van der Waals surface area contributed by atoms with Crippen LogP contribution in [0.1, 0.15) is 15.4 Å². The molecule has 1 amide bonds. The summed E-state index contributed by atoms with van der Waals surface area (Å²) in [4.78, 5) is 24.4. The zero-order chi connectivity index (χ0) is 18.5. The van der Waals surface area contributed by atoms with Gasteiger partial charge in [0.15, 0.2) is 0 Å². The van der Waals surface area contributed by atoms with Gasteiger partial charge in [-0.05, 0) is 30.3 Å².